The molecule has 370 valence electrons. The van der Waals surface area contributed by atoms with E-state index in [0.717, 1.165) is 22.8 Å². The van der Waals surface area contributed by atoms with Crippen LogP contribution in [0.3, 0.4) is 0 Å². The van der Waals surface area contributed by atoms with Gasteiger partial charge in [0.2, 0.25) is 11.8 Å². The maximum Gasteiger partial charge on any atom is 0.295 e. The topological polar surface area (TPSA) is 162 Å². The third-order valence-corrected chi connectivity index (χ3v) is 12.2. The van der Waals surface area contributed by atoms with E-state index in [-0.39, 0.29) is 48.6 Å². The lowest BCUT2D eigenvalue weighted by molar-refractivity contribution is -0.131. The molecule has 1 N–H and O–H groups in total. The predicted molar refractivity (Wildman–Crippen MR) is 262 cm³/mol. The highest BCUT2D eigenvalue weighted by Gasteiger charge is 2.28. The molecule has 4 aromatic carbocycles. The number of hydrogen-bond acceptors (Lipinski definition) is 10. The highest BCUT2D eigenvalue weighted by molar-refractivity contribution is 6.00. The molecular formula is C52H54F4N10O5. The van der Waals surface area contributed by atoms with Gasteiger partial charge >= 0.3 is 0 Å². The molecule has 0 saturated heterocycles. The highest BCUT2D eigenvalue weighted by atomic mass is 19.3. The summed E-state index contributed by atoms with van der Waals surface area (Å²) in [5, 5.41) is 22.8. The Morgan fingerprint density at radius 1 is 0.704 bits per heavy atom. The molecule has 0 bridgehead atoms. The number of amides is 2. The SMILES string of the molecule is CC.COc1ccccc1-c1cc(C2=CCCN(C(=O)CCn3ccnn3)C2)c(F)c2[nH]ncc12.COc1ccccc1-c1cc(C2=CCCN(C(=O)CCn3ccnn3)C2)c(F)c2cc(C(F)F)oc12.[HH]. The molecule has 8 aromatic rings. The number of H-pyrrole nitrogens is 1. The van der Waals surface area contributed by atoms with E-state index in [0.29, 0.717) is 96.7 Å². The Labute approximate surface area is 407 Å². The number of carbonyl (C=O) groups is 2. The first-order valence-corrected chi connectivity index (χ1v) is 23.2. The Bertz CT molecular complexity index is 3190. The van der Waals surface area contributed by atoms with Gasteiger partial charge in [-0.1, -0.05) is 72.8 Å². The number of nitrogens with zero attached hydrogens (tertiary/aromatic N) is 9. The molecule has 6 heterocycles. The molecule has 2 aliphatic rings. The summed E-state index contributed by atoms with van der Waals surface area (Å²) in [7, 11) is 3.11. The van der Waals surface area contributed by atoms with E-state index in [2.05, 4.69) is 30.8 Å². The van der Waals surface area contributed by atoms with Crippen molar-refractivity contribution in [2.75, 3.05) is 40.4 Å². The number of aromatic nitrogens is 8. The zero-order valence-corrected chi connectivity index (χ0v) is 39.6. The number of benzene rings is 4. The van der Waals surface area contributed by atoms with Gasteiger partial charge in [0.05, 0.1) is 51.3 Å². The van der Waals surface area contributed by atoms with Gasteiger partial charge in [0.1, 0.15) is 28.4 Å². The van der Waals surface area contributed by atoms with E-state index in [1.165, 1.54) is 7.11 Å². The molecule has 0 spiro atoms. The zero-order valence-electron chi connectivity index (χ0n) is 39.6. The molecule has 0 saturated carbocycles. The Kier molecular flexibility index (Phi) is 15.7. The number of para-hydroxylation sites is 2. The van der Waals surface area contributed by atoms with Crippen molar-refractivity contribution >= 4 is 44.8 Å². The van der Waals surface area contributed by atoms with Crippen molar-refractivity contribution in [2.45, 2.75) is 59.0 Å². The zero-order chi connectivity index (χ0) is 50.0. The van der Waals surface area contributed by atoms with Crippen LogP contribution in [0.15, 0.2) is 114 Å². The number of carbonyl (C=O) groups excluding carboxylic acids is 2. The summed E-state index contributed by atoms with van der Waals surface area (Å²) < 4.78 is 77.9. The number of rotatable bonds is 13. The van der Waals surface area contributed by atoms with Crippen molar-refractivity contribution in [2.24, 2.45) is 0 Å². The number of fused-ring (bicyclic) bond motifs is 2. The number of aryl methyl sites for hydroxylation is 2. The summed E-state index contributed by atoms with van der Waals surface area (Å²) in [6.07, 6.45) is 10.9. The second-order valence-corrected chi connectivity index (χ2v) is 16.3. The summed E-state index contributed by atoms with van der Waals surface area (Å²) in [6, 6.07) is 19.1. The number of alkyl halides is 2. The Balaban J connectivity index is 0.000000202. The van der Waals surface area contributed by atoms with Crippen LogP contribution in [0.1, 0.15) is 64.3 Å². The fourth-order valence-corrected chi connectivity index (χ4v) is 8.75. The first-order valence-electron chi connectivity index (χ1n) is 23.2. The monoisotopic (exact) mass is 974 g/mol. The summed E-state index contributed by atoms with van der Waals surface area (Å²) in [4.78, 5) is 29.1. The average molecular weight is 975 g/mol. The van der Waals surface area contributed by atoms with Crippen LogP contribution in [0.25, 0.3) is 55.3 Å². The second kappa shape index (κ2) is 22.6. The van der Waals surface area contributed by atoms with Gasteiger partial charge in [0.25, 0.3) is 6.43 Å². The Morgan fingerprint density at radius 2 is 1.23 bits per heavy atom. The quantitative estimate of drug-likeness (QED) is 0.110. The van der Waals surface area contributed by atoms with Crippen LogP contribution in [0.5, 0.6) is 11.5 Å². The summed E-state index contributed by atoms with van der Waals surface area (Å²) in [5.41, 5.74) is 5.12. The van der Waals surface area contributed by atoms with Gasteiger partial charge in [-0.15, -0.1) is 10.2 Å². The normalized spacial score (nSPS) is 13.6. The molecule has 15 nitrogen and oxygen atoms in total. The lowest BCUT2D eigenvalue weighted by Crippen LogP contribution is -2.36. The smallest absolute Gasteiger partial charge is 0.295 e. The second-order valence-electron chi connectivity index (χ2n) is 16.3. The van der Waals surface area contributed by atoms with Crippen molar-refractivity contribution < 1.29 is 42.5 Å². The standard InChI is InChI=1S/C26H23F3N4O3.C24H23FN6O2.C2H6.H2/c1-35-21-7-3-2-6-17(21)19-13-18(24(27)20-14-22(26(28)29)36-25(19)20)16-5-4-10-32(15-16)23(34)8-11-33-12-9-30-31-33;1-33-21-7-3-2-6-17(21)19-13-18(23(25)24-20(19)14-27-28-24)16-5-4-10-30(15-16)22(32)8-11-31-12-9-26-29-31;1-2;/h2-3,5-7,9,12-14,26H,4,8,10-11,15H2,1H3;2-3,5-7,9,12-14H,4,8,10-11,15H2,1H3,(H,27,28);1-2H3;1H. The summed E-state index contributed by atoms with van der Waals surface area (Å²) in [6.45, 7) is 6.50. The van der Waals surface area contributed by atoms with Gasteiger partial charge in [0.15, 0.2) is 11.6 Å². The number of hydrogen-bond donors (Lipinski definition) is 1. The van der Waals surface area contributed by atoms with Crippen molar-refractivity contribution in [3.05, 3.63) is 138 Å². The molecule has 0 unspecified atom stereocenters. The van der Waals surface area contributed by atoms with Crippen molar-refractivity contribution in [3.8, 4) is 33.8 Å². The maximum atomic E-state index is 15.8. The number of nitrogens with one attached hydrogen (secondary N) is 1. The number of ether oxygens (including phenoxy) is 2. The first-order chi connectivity index (χ1) is 34.6. The van der Waals surface area contributed by atoms with Crippen LogP contribution in [-0.4, -0.2) is 102 Å². The van der Waals surface area contributed by atoms with E-state index in [9.17, 15) is 18.4 Å². The molecule has 10 rings (SSSR count). The Morgan fingerprint density at radius 3 is 1.75 bits per heavy atom. The third kappa shape index (κ3) is 10.7. The van der Waals surface area contributed by atoms with Gasteiger partial charge in [-0.05, 0) is 59.9 Å². The van der Waals surface area contributed by atoms with E-state index in [4.69, 9.17) is 13.9 Å². The van der Waals surface area contributed by atoms with Crippen LogP contribution in [0.2, 0.25) is 0 Å². The molecule has 71 heavy (non-hydrogen) atoms. The highest BCUT2D eigenvalue weighted by Crippen LogP contribution is 2.43. The van der Waals surface area contributed by atoms with Crippen LogP contribution < -0.4 is 9.47 Å². The van der Waals surface area contributed by atoms with Gasteiger partial charge in [0, 0.05) is 86.0 Å². The largest absolute Gasteiger partial charge is 0.496 e. The van der Waals surface area contributed by atoms with Crippen molar-refractivity contribution in [1.82, 2.24) is 50.0 Å². The van der Waals surface area contributed by atoms with E-state index in [1.807, 2.05) is 56.3 Å². The fourth-order valence-electron chi connectivity index (χ4n) is 8.75. The van der Waals surface area contributed by atoms with Gasteiger partial charge in [-0.3, -0.25) is 24.1 Å². The van der Waals surface area contributed by atoms with Crippen LogP contribution in [-0.2, 0) is 22.7 Å². The lowest BCUT2D eigenvalue weighted by Gasteiger charge is -2.28. The molecule has 0 atom stereocenters. The van der Waals surface area contributed by atoms with Gasteiger partial charge < -0.3 is 23.7 Å². The molecule has 0 aliphatic carbocycles. The van der Waals surface area contributed by atoms with Crippen LogP contribution in [0.4, 0.5) is 17.6 Å². The van der Waals surface area contributed by atoms with Gasteiger partial charge in [-0.2, -0.15) is 5.10 Å². The van der Waals surface area contributed by atoms with Crippen molar-refractivity contribution in [3.63, 3.8) is 0 Å². The number of furan rings is 1. The lowest BCUT2D eigenvalue weighted by atomic mass is 9.93. The molecule has 2 aliphatic heterocycles. The van der Waals surface area contributed by atoms with Gasteiger partial charge in [-0.25, -0.2) is 17.6 Å². The molecule has 0 fully saturated rings. The molecule has 0 radical (unpaired) electrons. The molecule has 4 aromatic heterocycles. The average Bonchev–Trinajstić information content (AvgIpc) is 4.28. The van der Waals surface area contributed by atoms with Crippen LogP contribution >= 0.6 is 0 Å². The van der Waals surface area contributed by atoms with Crippen molar-refractivity contribution in [1.29, 1.82) is 0 Å². The Hall–Kier alpha value is -8.09. The predicted octanol–water partition coefficient (Wildman–Crippen LogP) is 10.4. The minimum atomic E-state index is -2.89. The minimum absolute atomic E-state index is 0. The number of halogens is 4. The summed E-state index contributed by atoms with van der Waals surface area (Å²) in [5.74, 6) is -0.546. The molecule has 19 heteroatoms. The third-order valence-electron chi connectivity index (χ3n) is 12.2. The van der Waals surface area contributed by atoms with Crippen LogP contribution in [0, 0.1) is 11.6 Å². The fraction of sp³-hybridized carbons (Fsp3) is 0.288. The number of methoxy groups -OCH3 is 2. The van der Waals surface area contributed by atoms with E-state index < -0.39 is 18.0 Å². The molecule has 2 amide bonds. The van der Waals surface area contributed by atoms with E-state index in [1.54, 1.807) is 87.6 Å². The minimum Gasteiger partial charge on any atom is -0.496 e. The summed E-state index contributed by atoms with van der Waals surface area (Å²) >= 11 is 0. The maximum absolute atomic E-state index is 15.8. The first kappa shape index (κ1) is 49.3. The number of aromatic amines is 1. The molecular weight excluding hydrogens is 921 g/mol. The van der Waals surface area contributed by atoms with E-state index >= 15 is 8.78 Å².